The van der Waals surface area contributed by atoms with Crippen LogP contribution in [0.4, 0.5) is 17.1 Å². The molecule has 33 heavy (non-hydrogen) atoms. The van der Waals surface area contributed by atoms with Crippen LogP contribution in [0.15, 0.2) is 42.5 Å². The van der Waals surface area contributed by atoms with Crippen LogP contribution in [-0.2, 0) is 4.79 Å². The van der Waals surface area contributed by atoms with Crippen LogP contribution in [-0.4, -0.2) is 86.5 Å². The maximum absolute atomic E-state index is 13.5. The van der Waals surface area contributed by atoms with Gasteiger partial charge in [-0.25, -0.2) is 0 Å². The van der Waals surface area contributed by atoms with E-state index in [1.54, 1.807) is 50.5 Å². The Labute approximate surface area is 192 Å². The van der Waals surface area contributed by atoms with Gasteiger partial charge in [0.15, 0.2) is 6.10 Å². The molecule has 2 aromatic carbocycles. The first-order chi connectivity index (χ1) is 15.8. The third kappa shape index (κ3) is 4.47. The van der Waals surface area contributed by atoms with E-state index in [9.17, 15) is 19.7 Å². The van der Waals surface area contributed by atoms with Crippen molar-refractivity contribution in [2.24, 2.45) is 0 Å². The van der Waals surface area contributed by atoms with E-state index in [2.05, 4.69) is 4.90 Å². The second kappa shape index (κ2) is 9.07. The van der Waals surface area contributed by atoms with Crippen LogP contribution >= 0.6 is 0 Å². The Bertz CT molecular complexity index is 1080. The molecule has 0 saturated carbocycles. The number of likely N-dealkylation sites (N-methyl/N-ethyl adjacent to an activating group) is 2. The number of nitro groups is 1. The molecule has 2 aliphatic rings. The number of amides is 2. The fourth-order valence-corrected chi connectivity index (χ4v) is 4.12. The quantitative estimate of drug-likeness (QED) is 0.514. The number of piperazine rings is 1. The lowest BCUT2D eigenvalue weighted by atomic mass is 10.1. The molecule has 0 N–H and O–H groups in total. The minimum atomic E-state index is -0.863. The Morgan fingerprint density at radius 2 is 1.76 bits per heavy atom. The number of carbonyl (C=O) groups excluding carboxylic acids is 2. The molecule has 2 amide bonds. The molecule has 0 bridgehead atoms. The van der Waals surface area contributed by atoms with Crippen LogP contribution in [0.5, 0.6) is 5.75 Å². The molecular weight excluding hydrogens is 426 g/mol. The maximum Gasteiger partial charge on any atom is 0.293 e. The van der Waals surface area contributed by atoms with Gasteiger partial charge in [0.05, 0.1) is 17.2 Å². The first kappa shape index (κ1) is 22.5. The third-order valence-electron chi connectivity index (χ3n) is 6.00. The van der Waals surface area contributed by atoms with E-state index in [1.165, 1.54) is 15.9 Å². The fourth-order valence-electron chi connectivity index (χ4n) is 4.12. The van der Waals surface area contributed by atoms with Gasteiger partial charge in [-0.05, 0) is 31.3 Å². The summed E-state index contributed by atoms with van der Waals surface area (Å²) in [5.74, 6) is -0.269. The van der Waals surface area contributed by atoms with Gasteiger partial charge in [-0.1, -0.05) is 12.1 Å². The molecule has 2 aliphatic heterocycles. The maximum atomic E-state index is 13.5. The van der Waals surface area contributed by atoms with Crippen LogP contribution < -0.4 is 14.5 Å². The number of nitrogens with zero attached hydrogens (tertiary/aromatic N) is 5. The summed E-state index contributed by atoms with van der Waals surface area (Å²) in [4.78, 5) is 44.5. The number of rotatable bonds is 4. The topological polar surface area (TPSA) is 99.5 Å². The first-order valence-corrected chi connectivity index (χ1v) is 10.8. The molecule has 0 spiro atoms. The van der Waals surface area contributed by atoms with E-state index in [4.69, 9.17) is 4.74 Å². The monoisotopic (exact) mass is 453 g/mol. The Kier molecular flexibility index (Phi) is 6.19. The second-order valence-corrected chi connectivity index (χ2v) is 8.47. The van der Waals surface area contributed by atoms with Crippen LogP contribution in [0.25, 0.3) is 0 Å². The van der Waals surface area contributed by atoms with Crippen molar-refractivity contribution in [2.45, 2.75) is 6.10 Å². The number of para-hydroxylation sites is 2. The highest BCUT2D eigenvalue weighted by atomic mass is 16.6. The smallest absolute Gasteiger partial charge is 0.293 e. The Morgan fingerprint density at radius 1 is 1.06 bits per heavy atom. The molecule has 1 unspecified atom stereocenters. The molecule has 2 aromatic rings. The average Bonchev–Trinajstić information content (AvgIpc) is 2.82. The highest BCUT2D eigenvalue weighted by Crippen LogP contribution is 2.36. The number of nitro benzene ring substituents is 1. The van der Waals surface area contributed by atoms with E-state index in [1.807, 2.05) is 11.9 Å². The van der Waals surface area contributed by atoms with Gasteiger partial charge in [0.1, 0.15) is 11.4 Å². The van der Waals surface area contributed by atoms with E-state index < -0.39 is 16.9 Å². The molecule has 4 rings (SSSR count). The summed E-state index contributed by atoms with van der Waals surface area (Å²) < 4.78 is 5.84. The second-order valence-electron chi connectivity index (χ2n) is 8.47. The van der Waals surface area contributed by atoms with Crippen LogP contribution in [0.2, 0.25) is 0 Å². The van der Waals surface area contributed by atoms with Gasteiger partial charge in [-0.3, -0.25) is 19.7 Å². The summed E-state index contributed by atoms with van der Waals surface area (Å²) in [7, 11) is 5.26. The molecule has 1 atom stereocenters. The first-order valence-electron chi connectivity index (χ1n) is 10.8. The van der Waals surface area contributed by atoms with Crippen molar-refractivity contribution in [3.8, 4) is 5.75 Å². The molecular formula is C23H27N5O5. The lowest BCUT2D eigenvalue weighted by Gasteiger charge is -2.35. The Hall–Kier alpha value is -3.66. The molecule has 0 aromatic heterocycles. The molecule has 10 nitrogen and oxygen atoms in total. The van der Waals surface area contributed by atoms with E-state index >= 15 is 0 Å². The molecule has 2 heterocycles. The van der Waals surface area contributed by atoms with Gasteiger partial charge < -0.3 is 24.3 Å². The SMILES string of the molecule is CN1CCN(c2ccc(C(=O)N3CC(C(=O)N(C)C)Oc4ccccc43)cc2[N+](=O)[O-])CC1. The summed E-state index contributed by atoms with van der Waals surface area (Å²) in [5, 5.41) is 11.9. The van der Waals surface area contributed by atoms with Crippen molar-refractivity contribution in [3.63, 3.8) is 0 Å². The molecule has 0 aliphatic carbocycles. The van der Waals surface area contributed by atoms with Crippen molar-refractivity contribution in [1.82, 2.24) is 9.80 Å². The Balaban J connectivity index is 1.67. The zero-order valence-corrected chi connectivity index (χ0v) is 18.9. The normalized spacial score (nSPS) is 18.3. The van der Waals surface area contributed by atoms with Gasteiger partial charge >= 0.3 is 0 Å². The van der Waals surface area contributed by atoms with Gasteiger partial charge in [0.25, 0.3) is 17.5 Å². The Morgan fingerprint density at radius 3 is 2.42 bits per heavy atom. The number of benzene rings is 2. The summed E-state index contributed by atoms with van der Waals surface area (Å²) in [5.41, 5.74) is 1.11. The fraction of sp³-hybridized carbons (Fsp3) is 0.391. The summed E-state index contributed by atoms with van der Waals surface area (Å²) in [6.07, 6.45) is -0.863. The van der Waals surface area contributed by atoms with Gasteiger partial charge in [-0.15, -0.1) is 0 Å². The lowest BCUT2D eigenvalue weighted by molar-refractivity contribution is -0.384. The number of anilines is 2. The number of hydrogen-bond acceptors (Lipinski definition) is 7. The molecule has 1 saturated heterocycles. The number of ether oxygens (including phenoxy) is 1. The number of fused-ring (bicyclic) bond motifs is 1. The summed E-state index contributed by atoms with van der Waals surface area (Å²) >= 11 is 0. The van der Waals surface area contributed by atoms with E-state index in [0.29, 0.717) is 30.2 Å². The van der Waals surface area contributed by atoms with Crippen LogP contribution in [0, 0.1) is 10.1 Å². The van der Waals surface area contributed by atoms with Crippen molar-refractivity contribution < 1.29 is 19.2 Å². The van der Waals surface area contributed by atoms with Crippen molar-refractivity contribution in [3.05, 3.63) is 58.1 Å². The van der Waals surface area contributed by atoms with E-state index in [-0.39, 0.29) is 23.7 Å². The predicted octanol–water partition coefficient (Wildman–Crippen LogP) is 1.84. The van der Waals surface area contributed by atoms with Crippen LogP contribution in [0.3, 0.4) is 0 Å². The van der Waals surface area contributed by atoms with Gasteiger partial charge in [0, 0.05) is 51.9 Å². The zero-order valence-electron chi connectivity index (χ0n) is 18.9. The van der Waals surface area contributed by atoms with Gasteiger partial charge in [-0.2, -0.15) is 0 Å². The third-order valence-corrected chi connectivity index (χ3v) is 6.00. The minimum Gasteiger partial charge on any atom is -0.476 e. The summed E-state index contributed by atoms with van der Waals surface area (Å²) in [6.45, 7) is 2.99. The molecule has 10 heteroatoms. The standard InChI is InChI=1S/C23H27N5O5/c1-24(2)23(30)21-15-27(18-6-4-5-7-20(18)33-21)22(29)16-8-9-17(19(14-16)28(31)32)26-12-10-25(3)11-13-26/h4-9,14,21H,10-13,15H2,1-3H3. The number of carbonyl (C=O) groups is 2. The molecule has 1 fully saturated rings. The molecule has 174 valence electrons. The van der Waals surface area contributed by atoms with E-state index in [0.717, 1.165) is 13.1 Å². The van der Waals surface area contributed by atoms with Crippen molar-refractivity contribution in [1.29, 1.82) is 0 Å². The van der Waals surface area contributed by atoms with Crippen molar-refractivity contribution >= 4 is 28.9 Å². The van der Waals surface area contributed by atoms with Gasteiger partial charge in [0.2, 0.25) is 0 Å². The van der Waals surface area contributed by atoms with Crippen molar-refractivity contribution in [2.75, 3.05) is 63.7 Å². The summed E-state index contributed by atoms with van der Waals surface area (Å²) in [6, 6.07) is 11.6. The zero-order chi connectivity index (χ0) is 23.7. The largest absolute Gasteiger partial charge is 0.476 e. The number of hydrogen-bond donors (Lipinski definition) is 0. The minimum absolute atomic E-state index is 0.0148. The highest BCUT2D eigenvalue weighted by molar-refractivity contribution is 6.08. The predicted molar refractivity (Wildman–Crippen MR) is 124 cm³/mol. The highest BCUT2D eigenvalue weighted by Gasteiger charge is 2.35. The lowest BCUT2D eigenvalue weighted by Crippen LogP contribution is -2.50. The molecule has 0 radical (unpaired) electrons. The van der Waals surface area contributed by atoms with Crippen LogP contribution in [0.1, 0.15) is 10.4 Å². The average molecular weight is 453 g/mol.